The minimum absolute atomic E-state index is 0.113. The number of benzene rings is 1. The van der Waals surface area contributed by atoms with Crippen molar-refractivity contribution in [1.29, 1.82) is 0 Å². The number of hydrogen-bond donors (Lipinski definition) is 2. The van der Waals surface area contributed by atoms with E-state index in [9.17, 15) is 13.2 Å². The lowest BCUT2D eigenvalue weighted by Crippen LogP contribution is -2.27. The van der Waals surface area contributed by atoms with Gasteiger partial charge in [0, 0.05) is 11.6 Å². The SMILES string of the molecule is O=C(O)CCNS(=O)(=O)Cc1cccc(Cl)c1. The Morgan fingerprint density at radius 3 is 2.71 bits per heavy atom. The van der Waals surface area contributed by atoms with E-state index in [1.165, 1.54) is 0 Å². The van der Waals surface area contributed by atoms with Crippen LogP contribution in [-0.4, -0.2) is 26.0 Å². The quantitative estimate of drug-likeness (QED) is 0.819. The van der Waals surface area contributed by atoms with Gasteiger partial charge in [-0.05, 0) is 17.7 Å². The molecule has 0 aliphatic carbocycles. The number of aliphatic carboxylic acids is 1. The number of halogens is 1. The molecule has 5 nitrogen and oxygen atoms in total. The molecular formula is C10H12ClNO4S. The summed E-state index contributed by atoms with van der Waals surface area (Å²) in [7, 11) is -3.52. The highest BCUT2D eigenvalue weighted by Gasteiger charge is 2.11. The molecule has 7 heteroatoms. The highest BCUT2D eigenvalue weighted by molar-refractivity contribution is 7.88. The van der Waals surface area contributed by atoms with E-state index in [0.717, 1.165) is 0 Å². The number of carbonyl (C=O) groups is 1. The van der Waals surface area contributed by atoms with Crippen LogP contribution < -0.4 is 4.72 Å². The molecule has 0 atom stereocenters. The van der Waals surface area contributed by atoms with Crippen LogP contribution in [0.2, 0.25) is 5.02 Å². The van der Waals surface area contributed by atoms with E-state index in [2.05, 4.69) is 4.72 Å². The monoisotopic (exact) mass is 277 g/mol. The highest BCUT2D eigenvalue weighted by atomic mass is 35.5. The molecule has 0 aliphatic rings. The van der Waals surface area contributed by atoms with Crippen LogP contribution in [0.15, 0.2) is 24.3 Å². The van der Waals surface area contributed by atoms with E-state index >= 15 is 0 Å². The molecule has 1 rings (SSSR count). The van der Waals surface area contributed by atoms with Gasteiger partial charge in [-0.1, -0.05) is 23.7 Å². The van der Waals surface area contributed by atoms with Crippen molar-refractivity contribution in [2.24, 2.45) is 0 Å². The van der Waals surface area contributed by atoms with Gasteiger partial charge in [-0.3, -0.25) is 4.79 Å². The van der Waals surface area contributed by atoms with Crippen molar-refractivity contribution >= 4 is 27.6 Å². The largest absolute Gasteiger partial charge is 0.481 e. The zero-order chi connectivity index (χ0) is 12.9. The van der Waals surface area contributed by atoms with Crippen molar-refractivity contribution in [3.05, 3.63) is 34.9 Å². The molecule has 0 unspecified atom stereocenters. The lowest BCUT2D eigenvalue weighted by atomic mass is 10.2. The summed E-state index contributed by atoms with van der Waals surface area (Å²) in [5.41, 5.74) is 0.556. The van der Waals surface area contributed by atoms with Crippen LogP contribution in [0.3, 0.4) is 0 Å². The first kappa shape index (κ1) is 14.0. The number of carboxylic acid groups (broad SMARTS) is 1. The number of carboxylic acids is 1. The first-order valence-corrected chi connectivity index (χ1v) is 6.86. The Hall–Kier alpha value is -1.11. The molecule has 2 N–H and O–H groups in total. The van der Waals surface area contributed by atoms with Crippen molar-refractivity contribution in [1.82, 2.24) is 4.72 Å². The molecule has 0 fully saturated rings. The van der Waals surface area contributed by atoms with Crippen LogP contribution >= 0.6 is 11.6 Å². The van der Waals surface area contributed by atoms with Gasteiger partial charge in [0.25, 0.3) is 0 Å². The molecule has 1 aromatic rings. The summed E-state index contributed by atoms with van der Waals surface area (Å²) in [5, 5.41) is 8.85. The Morgan fingerprint density at radius 2 is 2.12 bits per heavy atom. The highest BCUT2D eigenvalue weighted by Crippen LogP contribution is 2.12. The number of nitrogens with one attached hydrogen (secondary N) is 1. The normalized spacial score (nSPS) is 11.4. The number of hydrogen-bond acceptors (Lipinski definition) is 3. The van der Waals surface area contributed by atoms with Gasteiger partial charge in [0.15, 0.2) is 0 Å². The summed E-state index contributed by atoms with van der Waals surface area (Å²) in [5.74, 6) is -1.26. The van der Waals surface area contributed by atoms with E-state index in [4.69, 9.17) is 16.7 Å². The van der Waals surface area contributed by atoms with Crippen LogP contribution in [-0.2, 0) is 20.6 Å². The van der Waals surface area contributed by atoms with E-state index in [1.807, 2.05) is 0 Å². The molecule has 0 spiro atoms. The molecule has 0 aromatic heterocycles. The van der Waals surface area contributed by atoms with E-state index in [1.54, 1.807) is 24.3 Å². The summed E-state index contributed by atoms with van der Waals surface area (Å²) in [6.07, 6.45) is -0.241. The number of rotatable bonds is 6. The van der Waals surface area contributed by atoms with Crippen LogP contribution in [0.4, 0.5) is 0 Å². The minimum atomic E-state index is -3.52. The Morgan fingerprint density at radius 1 is 1.41 bits per heavy atom. The van der Waals surface area contributed by atoms with Crippen LogP contribution in [0, 0.1) is 0 Å². The van der Waals surface area contributed by atoms with Gasteiger partial charge in [0.05, 0.1) is 12.2 Å². The van der Waals surface area contributed by atoms with E-state index in [-0.39, 0.29) is 18.7 Å². The van der Waals surface area contributed by atoms with Crippen LogP contribution in [0.5, 0.6) is 0 Å². The summed E-state index contributed by atoms with van der Waals surface area (Å²) in [4.78, 5) is 10.2. The lowest BCUT2D eigenvalue weighted by molar-refractivity contribution is -0.136. The smallest absolute Gasteiger partial charge is 0.304 e. The summed E-state index contributed by atoms with van der Waals surface area (Å²) < 4.78 is 25.3. The second-order valence-corrected chi connectivity index (χ2v) is 5.67. The topological polar surface area (TPSA) is 83.5 Å². The van der Waals surface area contributed by atoms with Crippen molar-refractivity contribution in [2.45, 2.75) is 12.2 Å². The molecular weight excluding hydrogens is 266 g/mol. The lowest BCUT2D eigenvalue weighted by Gasteiger charge is -2.05. The maximum Gasteiger partial charge on any atom is 0.304 e. The molecule has 0 amide bonds. The summed E-state index contributed by atoms with van der Waals surface area (Å²) >= 11 is 5.73. The zero-order valence-electron chi connectivity index (χ0n) is 8.89. The van der Waals surface area contributed by atoms with Crippen molar-refractivity contribution in [2.75, 3.05) is 6.54 Å². The van der Waals surface area contributed by atoms with Crippen molar-refractivity contribution < 1.29 is 18.3 Å². The third kappa shape index (κ3) is 5.67. The molecule has 1 aromatic carbocycles. The Labute approximate surface area is 104 Å². The Bertz CT molecular complexity index is 501. The average Bonchev–Trinajstić information content (AvgIpc) is 2.15. The van der Waals surface area contributed by atoms with Crippen molar-refractivity contribution in [3.63, 3.8) is 0 Å². The standard InChI is InChI=1S/C10H12ClNO4S/c11-9-3-1-2-8(6-9)7-17(15,16)12-5-4-10(13)14/h1-3,6,12H,4-5,7H2,(H,13,14). The van der Waals surface area contributed by atoms with Gasteiger partial charge >= 0.3 is 5.97 Å². The summed E-state index contributed by atoms with van der Waals surface area (Å²) in [6.45, 7) is -0.113. The Kier molecular flexibility index (Phi) is 4.92. The second kappa shape index (κ2) is 6.00. The van der Waals surface area contributed by atoms with Crippen LogP contribution in [0.1, 0.15) is 12.0 Å². The molecule has 0 heterocycles. The molecule has 0 saturated carbocycles. The molecule has 0 saturated heterocycles. The first-order valence-electron chi connectivity index (χ1n) is 4.82. The van der Waals surface area contributed by atoms with Gasteiger partial charge in [-0.25, -0.2) is 13.1 Å². The third-order valence-corrected chi connectivity index (χ3v) is 3.50. The third-order valence-electron chi connectivity index (χ3n) is 1.91. The average molecular weight is 278 g/mol. The Balaban J connectivity index is 2.57. The molecule has 0 aliphatic heterocycles. The minimum Gasteiger partial charge on any atom is -0.481 e. The number of sulfonamides is 1. The van der Waals surface area contributed by atoms with Crippen molar-refractivity contribution in [3.8, 4) is 0 Å². The van der Waals surface area contributed by atoms with Gasteiger partial charge in [-0.2, -0.15) is 0 Å². The van der Waals surface area contributed by atoms with Crippen LogP contribution in [0.25, 0.3) is 0 Å². The summed E-state index contributed by atoms with van der Waals surface area (Å²) in [6, 6.07) is 6.50. The molecule has 17 heavy (non-hydrogen) atoms. The fraction of sp³-hybridized carbons (Fsp3) is 0.300. The van der Waals surface area contributed by atoms with E-state index in [0.29, 0.717) is 10.6 Å². The molecule has 94 valence electrons. The molecule has 0 bridgehead atoms. The van der Waals surface area contributed by atoms with Gasteiger partial charge in [0.1, 0.15) is 0 Å². The second-order valence-electron chi connectivity index (χ2n) is 3.43. The predicted octanol–water partition coefficient (Wildman–Crippen LogP) is 1.23. The van der Waals surface area contributed by atoms with E-state index < -0.39 is 16.0 Å². The zero-order valence-corrected chi connectivity index (χ0v) is 10.5. The van der Waals surface area contributed by atoms with Gasteiger partial charge in [0.2, 0.25) is 10.0 Å². The first-order chi connectivity index (χ1) is 7.89. The maximum absolute atomic E-state index is 11.5. The maximum atomic E-state index is 11.5. The predicted molar refractivity (Wildman–Crippen MR) is 64.3 cm³/mol. The van der Waals surface area contributed by atoms with Gasteiger partial charge in [-0.15, -0.1) is 0 Å². The fourth-order valence-electron chi connectivity index (χ4n) is 1.21. The molecule has 0 radical (unpaired) electrons. The fourth-order valence-corrected chi connectivity index (χ4v) is 2.56. The van der Waals surface area contributed by atoms with Gasteiger partial charge < -0.3 is 5.11 Å².